The van der Waals surface area contributed by atoms with Crippen LogP contribution in [0, 0.1) is 5.92 Å². The number of hydrogen-bond donors (Lipinski definition) is 2. The molecule has 0 fully saturated rings. The first-order valence-electron chi connectivity index (χ1n) is 17.6. The maximum absolute atomic E-state index is 13.5. The van der Waals surface area contributed by atoms with Gasteiger partial charge in [0.15, 0.2) is 18.2 Å². The van der Waals surface area contributed by atoms with Gasteiger partial charge in [-0.25, -0.2) is 9.59 Å². The van der Waals surface area contributed by atoms with Crippen LogP contribution in [0.4, 0.5) is 9.59 Å². The number of likely N-dealkylation sites (N-methyl/N-ethyl adjacent to an activating group) is 2. The van der Waals surface area contributed by atoms with Gasteiger partial charge in [-0.1, -0.05) is 66.7 Å². The van der Waals surface area contributed by atoms with Gasteiger partial charge < -0.3 is 34.2 Å². The molecule has 1 atom stereocenters. The largest absolute Gasteiger partial charge is 0.507 e. The van der Waals surface area contributed by atoms with E-state index >= 15 is 0 Å². The molecule has 12 nitrogen and oxygen atoms in total. The third-order valence-electron chi connectivity index (χ3n) is 10.2. The molecule has 2 aliphatic rings. The van der Waals surface area contributed by atoms with Gasteiger partial charge in [-0.15, -0.1) is 0 Å². The van der Waals surface area contributed by atoms with Crippen molar-refractivity contribution in [2.45, 2.75) is 38.7 Å². The van der Waals surface area contributed by atoms with Crippen molar-refractivity contribution < 1.29 is 48.4 Å². The second-order valence-corrected chi connectivity index (χ2v) is 14.1. The molecule has 1 unspecified atom stereocenters. The van der Waals surface area contributed by atoms with Crippen molar-refractivity contribution in [3.63, 3.8) is 0 Å². The van der Waals surface area contributed by atoms with Crippen molar-refractivity contribution in [3.8, 4) is 28.4 Å². The molecule has 54 heavy (non-hydrogen) atoms. The zero-order valence-electron chi connectivity index (χ0n) is 30.8. The van der Waals surface area contributed by atoms with E-state index in [1.807, 2.05) is 54.6 Å². The monoisotopic (exact) mass is 734 g/mol. The number of carbonyl (C=O) groups excluding carboxylic acids is 5. The number of hydrogen-bond acceptors (Lipinski definition) is 10. The number of aromatic hydroxyl groups is 2. The number of rotatable bonds is 10. The molecule has 2 amide bonds. The predicted octanol–water partition coefficient (Wildman–Crippen LogP) is 6.29. The molecule has 2 aliphatic carbocycles. The summed E-state index contributed by atoms with van der Waals surface area (Å²) in [7, 11) is 4.41. The molecule has 0 heterocycles. The number of phenols is 2. The third-order valence-corrected chi connectivity index (χ3v) is 10.2. The predicted molar refractivity (Wildman–Crippen MR) is 198 cm³/mol. The fourth-order valence-corrected chi connectivity index (χ4v) is 6.98. The molecule has 280 valence electrons. The lowest BCUT2D eigenvalue weighted by Crippen LogP contribution is -2.40. The second-order valence-electron chi connectivity index (χ2n) is 14.1. The van der Waals surface area contributed by atoms with E-state index in [1.54, 1.807) is 27.0 Å². The van der Waals surface area contributed by atoms with Gasteiger partial charge in [-0.05, 0) is 55.9 Å². The molecule has 0 spiro atoms. The molecule has 2 N–H and O–H groups in total. The normalized spacial score (nSPS) is 14.6. The summed E-state index contributed by atoms with van der Waals surface area (Å²) < 4.78 is 16.4. The number of nitrogens with zero attached hydrogens (tertiary/aromatic N) is 2. The van der Waals surface area contributed by atoms with Crippen LogP contribution in [0.3, 0.4) is 0 Å². The Labute approximate surface area is 312 Å². The van der Waals surface area contributed by atoms with Crippen LogP contribution in [0.1, 0.15) is 68.8 Å². The molecule has 0 aliphatic heterocycles. The van der Waals surface area contributed by atoms with Crippen LogP contribution in [0.15, 0.2) is 72.8 Å². The van der Waals surface area contributed by atoms with E-state index in [9.17, 15) is 34.2 Å². The minimum atomic E-state index is -0.924. The number of fused-ring (bicyclic) bond motifs is 3. The minimum Gasteiger partial charge on any atom is -0.507 e. The van der Waals surface area contributed by atoms with E-state index in [2.05, 4.69) is 0 Å². The lowest BCUT2D eigenvalue weighted by molar-refractivity contribution is -0.126. The number of Topliss-reactive ketones (excluding diaryl/α,β-unsaturated/α-hetero) is 1. The Balaban J connectivity index is 1.01. The number of benzene rings is 4. The van der Waals surface area contributed by atoms with E-state index in [4.69, 9.17) is 14.2 Å². The van der Waals surface area contributed by atoms with Crippen molar-refractivity contribution in [1.29, 1.82) is 0 Å². The van der Waals surface area contributed by atoms with Crippen LogP contribution in [0.25, 0.3) is 11.1 Å². The molecular formula is C42H42N2O10. The smallest absolute Gasteiger partial charge is 0.410 e. The number of amides is 2. The highest BCUT2D eigenvalue weighted by Gasteiger charge is 2.41. The summed E-state index contributed by atoms with van der Waals surface area (Å²) in [5.41, 5.74) is 1.97. The van der Waals surface area contributed by atoms with Gasteiger partial charge in [0, 0.05) is 49.8 Å². The molecule has 0 aromatic heterocycles. The second kappa shape index (κ2) is 15.1. The Hall–Kier alpha value is -6.17. The minimum absolute atomic E-state index is 0.0133. The van der Waals surface area contributed by atoms with Crippen LogP contribution in [-0.4, -0.2) is 90.5 Å². The maximum atomic E-state index is 13.5. The first kappa shape index (κ1) is 37.6. The average molecular weight is 735 g/mol. The molecule has 0 saturated heterocycles. The summed E-state index contributed by atoms with van der Waals surface area (Å²) in [5.74, 6) is -3.05. The van der Waals surface area contributed by atoms with Gasteiger partial charge in [0.25, 0.3) is 0 Å². The highest BCUT2D eigenvalue weighted by molar-refractivity contribution is 6.31. The molecule has 6 rings (SSSR count). The summed E-state index contributed by atoms with van der Waals surface area (Å²) in [4.78, 5) is 68.6. The standard InChI is InChI=1S/C42H42N2O10/c1-42(2,27-17-14-25(15-18-27)24-10-7-6-8-11-24)54-41(51)44(4)21-20-43(3)40(50)53-23-31(45)26-16-19-28-30(22-26)38(48)34-35(36(28)46)39(49)33-29(37(34)47)12-9-13-32(33)52-5/h6-15,17-18,26,46,48H,16,19-23H2,1-5H3. The fourth-order valence-electron chi connectivity index (χ4n) is 6.98. The summed E-state index contributed by atoms with van der Waals surface area (Å²) in [6.07, 6.45) is -0.973. The Bertz CT molecular complexity index is 2140. The van der Waals surface area contributed by atoms with Crippen LogP contribution in [-0.2, 0) is 32.7 Å². The van der Waals surface area contributed by atoms with Gasteiger partial charge in [-0.2, -0.15) is 0 Å². The number of ketones is 3. The van der Waals surface area contributed by atoms with Crippen molar-refractivity contribution >= 4 is 29.5 Å². The first-order valence-corrected chi connectivity index (χ1v) is 17.6. The van der Waals surface area contributed by atoms with E-state index in [1.165, 1.54) is 36.1 Å². The van der Waals surface area contributed by atoms with Crippen molar-refractivity contribution in [2.24, 2.45) is 5.92 Å². The average Bonchev–Trinajstić information content (AvgIpc) is 3.18. The zero-order valence-corrected chi connectivity index (χ0v) is 30.8. The Morgan fingerprint density at radius 1 is 0.759 bits per heavy atom. The number of ether oxygens (including phenoxy) is 3. The lowest BCUT2D eigenvalue weighted by Gasteiger charge is -2.30. The topological polar surface area (TPSA) is 160 Å². The van der Waals surface area contributed by atoms with E-state index in [0.29, 0.717) is 5.56 Å². The molecule has 0 radical (unpaired) electrons. The molecule has 4 aromatic carbocycles. The lowest BCUT2D eigenvalue weighted by atomic mass is 9.75. The van der Waals surface area contributed by atoms with Gasteiger partial charge in [0.1, 0.15) is 22.8 Å². The fraction of sp³-hybridized carbons (Fsp3) is 0.310. The number of methoxy groups -OCH3 is 1. The quantitative estimate of drug-likeness (QED) is 0.156. The summed E-state index contributed by atoms with van der Waals surface area (Å²) in [6.45, 7) is 3.29. The van der Waals surface area contributed by atoms with E-state index in [0.717, 1.165) is 16.7 Å². The van der Waals surface area contributed by atoms with Crippen LogP contribution < -0.4 is 4.74 Å². The zero-order chi connectivity index (χ0) is 38.9. The Morgan fingerprint density at radius 3 is 2.04 bits per heavy atom. The molecule has 4 aromatic rings. The summed E-state index contributed by atoms with van der Waals surface area (Å²) in [6, 6.07) is 22.3. The third kappa shape index (κ3) is 7.11. The van der Waals surface area contributed by atoms with Crippen LogP contribution >= 0.6 is 0 Å². The Kier molecular flexibility index (Phi) is 10.5. The maximum Gasteiger partial charge on any atom is 0.410 e. The summed E-state index contributed by atoms with van der Waals surface area (Å²) >= 11 is 0. The molecule has 0 bridgehead atoms. The molecular weight excluding hydrogens is 692 g/mol. The first-order chi connectivity index (χ1) is 25.7. The van der Waals surface area contributed by atoms with Crippen molar-refractivity contribution in [1.82, 2.24) is 9.80 Å². The summed E-state index contributed by atoms with van der Waals surface area (Å²) in [5, 5.41) is 22.5. The van der Waals surface area contributed by atoms with Crippen LogP contribution in [0.2, 0.25) is 0 Å². The van der Waals surface area contributed by atoms with E-state index in [-0.39, 0.29) is 65.9 Å². The molecule has 12 heteroatoms. The van der Waals surface area contributed by atoms with Crippen molar-refractivity contribution in [3.05, 3.63) is 112 Å². The van der Waals surface area contributed by atoms with Gasteiger partial charge in [-0.3, -0.25) is 14.4 Å². The highest BCUT2D eigenvalue weighted by Crippen LogP contribution is 2.47. The number of phenolic OH excluding ortho intramolecular Hbond substituents is 2. The SMILES string of the molecule is COc1cccc2c1C(=O)c1c(O)c3c(c(O)c1C2=O)CC(C(=O)COC(=O)N(C)CCN(C)C(=O)OC(C)(C)c1ccc(-c2ccccc2)cc1)CC3. The van der Waals surface area contributed by atoms with Crippen LogP contribution in [0.5, 0.6) is 17.2 Å². The Morgan fingerprint density at radius 2 is 1.37 bits per heavy atom. The van der Waals surface area contributed by atoms with Gasteiger partial charge >= 0.3 is 12.2 Å². The molecule has 0 saturated carbocycles. The van der Waals surface area contributed by atoms with Gasteiger partial charge in [0.2, 0.25) is 5.78 Å². The van der Waals surface area contributed by atoms with E-state index < -0.39 is 59.2 Å². The number of carbonyl (C=O) groups is 5. The van der Waals surface area contributed by atoms with Crippen molar-refractivity contribution in [2.75, 3.05) is 40.9 Å². The highest BCUT2D eigenvalue weighted by atomic mass is 16.6. The van der Waals surface area contributed by atoms with Gasteiger partial charge in [0.05, 0.1) is 23.8 Å².